The molecule has 0 spiro atoms. The summed E-state index contributed by atoms with van der Waals surface area (Å²) in [7, 11) is 0. The summed E-state index contributed by atoms with van der Waals surface area (Å²) in [6, 6.07) is 0.698. The molecule has 1 aliphatic rings. The van der Waals surface area contributed by atoms with Gasteiger partial charge in [-0.2, -0.15) is 0 Å². The van der Waals surface area contributed by atoms with E-state index in [4.69, 9.17) is 10.7 Å². The zero-order valence-electron chi connectivity index (χ0n) is 11.7. The largest absolute Gasteiger partial charge is 0.352 e. The molecule has 1 fully saturated rings. The maximum Gasteiger partial charge on any atom is 0.195 e. The van der Waals surface area contributed by atoms with E-state index in [-0.39, 0.29) is 0 Å². The van der Waals surface area contributed by atoms with E-state index in [0.29, 0.717) is 18.5 Å². The lowest BCUT2D eigenvalue weighted by molar-refractivity contribution is 0.601. The summed E-state index contributed by atoms with van der Waals surface area (Å²) in [5.41, 5.74) is 7.07. The highest BCUT2D eigenvalue weighted by atomic mass is 32.1. The molecule has 0 bridgehead atoms. The summed E-state index contributed by atoms with van der Waals surface area (Å²) in [4.78, 5) is 8.46. The van der Waals surface area contributed by atoms with Gasteiger partial charge in [0.1, 0.15) is 0 Å². The summed E-state index contributed by atoms with van der Waals surface area (Å²) in [6.07, 6.45) is 5.62. The molecule has 2 N–H and O–H groups in total. The molecule has 2 aromatic rings. The SMILES string of the molecule is CC(C)CN(c1nc2sccn2c1CCN)C1CC1. The summed E-state index contributed by atoms with van der Waals surface area (Å²) in [6.45, 7) is 6.32. The van der Waals surface area contributed by atoms with E-state index in [2.05, 4.69) is 34.7 Å². The van der Waals surface area contributed by atoms with Gasteiger partial charge in [-0.1, -0.05) is 13.8 Å². The number of fused-ring (bicyclic) bond motifs is 1. The van der Waals surface area contributed by atoms with E-state index in [0.717, 1.165) is 17.9 Å². The average Bonchev–Trinajstić information content (AvgIpc) is 3.00. The zero-order valence-corrected chi connectivity index (χ0v) is 12.5. The third kappa shape index (κ3) is 2.49. The Bertz CT molecular complexity index is 553. The Morgan fingerprint density at radius 2 is 2.32 bits per heavy atom. The quantitative estimate of drug-likeness (QED) is 0.883. The summed E-state index contributed by atoms with van der Waals surface area (Å²) in [5, 5.41) is 2.09. The first-order valence-corrected chi connectivity index (χ1v) is 7.99. The highest BCUT2D eigenvalue weighted by Gasteiger charge is 2.32. The predicted molar refractivity (Wildman–Crippen MR) is 81.0 cm³/mol. The van der Waals surface area contributed by atoms with Crippen molar-refractivity contribution in [2.75, 3.05) is 18.0 Å². The number of nitrogens with two attached hydrogens (primary N) is 1. The Morgan fingerprint density at radius 3 is 2.95 bits per heavy atom. The lowest BCUT2D eigenvalue weighted by Gasteiger charge is -2.25. The van der Waals surface area contributed by atoms with Crippen LogP contribution in [0.25, 0.3) is 4.96 Å². The second-order valence-electron chi connectivity index (χ2n) is 5.75. The maximum atomic E-state index is 5.79. The van der Waals surface area contributed by atoms with Crippen LogP contribution in [0.5, 0.6) is 0 Å². The molecule has 104 valence electrons. The van der Waals surface area contributed by atoms with Crippen LogP contribution < -0.4 is 10.6 Å². The minimum Gasteiger partial charge on any atom is -0.352 e. The molecule has 0 aromatic carbocycles. The molecular formula is C14H22N4S. The number of rotatable bonds is 6. The van der Waals surface area contributed by atoms with E-state index >= 15 is 0 Å². The highest BCUT2D eigenvalue weighted by molar-refractivity contribution is 7.15. The summed E-state index contributed by atoms with van der Waals surface area (Å²) < 4.78 is 2.21. The first kappa shape index (κ1) is 12.9. The van der Waals surface area contributed by atoms with Crippen LogP contribution in [0.3, 0.4) is 0 Å². The number of hydrogen-bond donors (Lipinski definition) is 1. The molecule has 4 nitrogen and oxygen atoms in total. The van der Waals surface area contributed by atoms with Crippen molar-refractivity contribution in [3.63, 3.8) is 0 Å². The van der Waals surface area contributed by atoms with Crippen LogP contribution in [0.2, 0.25) is 0 Å². The van der Waals surface area contributed by atoms with Crippen molar-refractivity contribution in [3.8, 4) is 0 Å². The molecule has 2 heterocycles. The molecule has 1 saturated carbocycles. The molecule has 0 saturated heterocycles. The molecule has 0 unspecified atom stereocenters. The van der Waals surface area contributed by atoms with Crippen LogP contribution >= 0.6 is 11.3 Å². The van der Waals surface area contributed by atoms with Crippen molar-refractivity contribution in [2.24, 2.45) is 11.7 Å². The van der Waals surface area contributed by atoms with Crippen LogP contribution in [0.15, 0.2) is 11.6 Å². The van der Waals surface area contributed by atoms with Crippen LogP contribution in [-0.2, 0) is 6.42 Å². The van der Waals surface area contributed by atoms with E-state index in [1.54, 1.807) is 11.3 Å². The molecule has 2 aromatic heterocycles. The van der Waals surface area contributed by atoms with Crippen LogP contribution in [0.4, 0.5) is 5.82 Å². The Balaban J connectivity index is 2.00. The second kappa shape index (κ2) is 5.13. The average molecular weight is 278 g/mol. The van der Waals surface area contributed by atoms with Gasteiger partial charge in [0.2, 0.25) is 0 Å². The van der Waals surface area contributed by atoms with Gasteiger partial charge in [0.25, 0.3) is 0 Å². The van der Waals surface area contributed by atoms with Crippen LogP contribution in [0.1, 0.15) is 32.4 Å². The minimum absolute atomic E-state index is 0.658. The highest BCUT2D eigenvalue weighted by Crippen LogP contribution is 2.35. The molecule has 0 amide bonds. The lowest BCUT2D eigenvalue weighted by Crippen LogP contribution is -2.31. The van der Waals surface area contributed by atoms with Gasteiger partial charge in [0.05, 0.1) is 5.69 Å². The number of thiazole rings is 1. The molecule has 0 atom stereocenters. The molecular weight excluding hydrogens is 256 g/mol. The van der Waals surface area contributed by atoms with E-state index in [9.17, 15) is 0 Å². The number of imidazole rings is 1. The predicted octanol–water partition coefficient (Wildman–Crippen LogP) is 2.52. The Labute approximate surface area is 118 Å². The van der Waals surface area contributed by atoms with Crippen molar-refractivity contribution < 1.29 is 0 Å². The van der Waals surface area contributed by atoms with Crippen molar-refractivity contribution >= 4 is 22.1 Å². The molecule has 0 aliphatic heterocycles. The molecule has 3 rings (SSSR count). The minimum atomic E-state index is 0.658. The smallest absolute Gasteiger partial charge is 0.195 e. The van der Waals surface area contributed by atoms with E-state index < -0.39 is 0 Å². The third-order valence-electron chi connectivity index (χ3n) is 3.54. The number of nitrogens with zero attached hydrogens (tertiary/aromatic N) is 3. The maximum absolute atomic E-state index is 5.79. The van der Waals surface area contributed by atoms with Gasteiger partial charge in [0, 0.05) is 30.6 Å². The Hall–Kier alpha value is -1.07. The molecule has 19 heavy (non-hydrogen) atoms. The van der Waals surface area contributed by atoms with Gasteiger partial charge in [-0.05, 0) is 25.3 Å². The first-order valence-electron chi connectivity index (χ1n) is 7.12. The molecule has 1 aliphatic carbocycles. The second-order valence-corrected chi connectivity index (χ2v) is 6.63. The van der Waals surface area contributed by atoms with Gasteiger partial charge in [-0.15, -0.1) is 11.3 Å². The van der Waals surface area contributed by atoms with Gasteiger partial charge in [0.15, 0.2) is 10.8 Å². The summed E-state index contributed by atoms with van der Waals surface area (Å²) >= 11 is 1.70. The van der Waals surface area contributed by atoms with Gasteiger partial charge in [-0.3, -0.25) is 4.40 Å². The van der Waals surface area contributed by atoms with Gasteiger partial charge >= 0.3 is 0 Å². The van der Waals surface area contributed by atoms with E-state index in [1.165, 1.54) is 24.4 Å². The fourth-order valence-electron chi connectivity index (χ4n) is 2.61. The van der Waals surface area contributed by atoms with Crippen molar-refractivity contribution in [3.05, 3.63) is 17.3 Å². The normalized spacial score (nSPS) is 15.6. The zero-order chi connectivity index (χ0) is 13.4. The number of anilines is 1. The lowest BCUT2D eigenvalue weighted by atomic mass is 10.2. The first-order chi connectivity index (χ1) is 9.20. The van der Waals surface area contributed by atoms with Crippen molar-refractivity contribution in [1.29, 1.82) is 0 Å². The fraction of sp³-hybridized carbons (Fsp3) is 0.643. The van der Waals surface area contributed by atoms with E-state index in [1.807, 2.05) is 0 Å². The Morgan fingerprint density at radius 1 is 1.53 bits per heavy atom. The van der Waals surface area contributed by atoms with Crippen LogP contribution in [-0.4, -0.2) is 28.5 Å². The van der Waals surface area contributed by atoms with Crippen LogP contribution in [0, 0.1) is 5.92 Å². The number of hydrogen-bond acceptors (Lipinski definition) is 4. The van der Waals surface area contributed by atoms with Gasteiger partial charge < -0.3 is 10.6 Å². The fourth-order valence-corrected chi connectivity index (χ4v) is 3.34. The summed E-state index contributed by atoms with van der Waals surface area (Å²) in [5.74, 6) is 1.83. The Kier molecular flexibility index (Phi) is 3.50. The monoisotopic (exact) mass is 278 g/mol. The topological polar surface area (TPSA) is 46.6 Å². The molecule has 0 radical (unpaired) electrons. The standard InChI is InChI=1S/C14H22N4S/c1-10(2)9-18(11-3-4-11)13-12(5-6-15)17-7-8-19-14(17)16-13/h7-8,10-11H,3-6,9,15H2,1-2H3. The van der Waals surface area contributed by atoms with Crippen molar-refractivity contribution in [1.82, 2.24) is 9.38 Å². The number of aromatic nitrogens is 2. The molecule has 5 heteroatoms. The third-order valence-corrected chi connectivity index (χ3v) is 4.30. The van der Waals surface area contributed by atoms with Gasteiger partial charge in [-0.25, -0.2) is 4.98 Å². The van der Waals surface area contributed by atoms with Crippen molar-refractivity contribution in [2.45, 2.75) is 39.2 Å².